The molecule has 1 heterocycles. The molecular weight excluding hydrogens is 152 g/mol. The fourth-order valence-corrected chi connectivity index (χ4v) is 0.921. The van der Waals surface area contributed by atoms with Gasteiger partial charge in [0.15, 0.2) is 5.58 Å². The van der Waals surface area contributed by atoms with Crippen LogP contribution in [0.15, 0.2) is 22.7 Å². The third-order valence-corrected chi connectivity index (χ3v) is 1.44. The van der Waals surface area contributed by atoms with Crippen LogP contribution in [0.4, 0.5) is 0 Å². The van der Waals surface area contributed by atoms with E-state index >= 15 is 0 Å². The van der Waals surface area contributed by atoms with Gasteiger partial charge in [-0.15, -0.1) is 5.10 Å². The Morgan fingerprint density at radius 1 is 1.40 bits per heavy atom. The summed E-state index contributed by atoms with van der Waals surface area (Å²) in [4.78, 5) is 0. The van der Waals surface area contributed by atoms with Crippen LogP contribution in [-0.2, 0) is 0 Å². The molecular formula is C6H3ClN2O. The van der Waals surface area contributed by atoms with Gasteiger partial charge in [0.25, 0.3) is 0 Å². The molecule has 0 saturated heterocycles. The smallest absolute Gasteiger partial charge is 0.187 e. The van der Waals surface area contributed by atoms with Gasteiger partial charge in [0.2, 0.25) is 0 Å². The molecule has 0 N–H and O–H groups in total. The number of hydrogen-bond acceptors (Lipinski definition) is 3. The first kappa shape index (κ1) is 5.68. The lowest BCUT2D eigenvalue weighted by molar-refractivity contribution is 0.424. The van der Waals surface area contributed by atoms with Crippen LogP contribution in [-0.4, -0.2) is 10.4 Å². The zero-order chi connectivity index (χ0) is 6.97. The molecule has 2 aromatic rings. The van der Waals surface area contributed by atoms with Crippen molar-refractivity contribution in [3.8, 4) is 0 Å². The molecule has 0 aliphatic rings. The highest BCUT2D eigenvalue weighted by Gasteiger charge is 1.98. The maximum Gasteiger partial charge on any atom is 0.187 e. The topological polar surface area (TPSA) is 38.9 Å². The molecule has 50 valence electrons. The van der Waals surface area contributed by atoms with Gasteiger partial charge in [-0.3, -0.25) is 0 Å². The van der Waals surface area contributed by atoms with Crippen molar-refractivity contribution in [3.63, 3.8) is 0 Å². The van der Waals surface area contributed by atoms with Crippen molar-refractivity contribution in [2.24, 2.45) is 0 Å². The molecule has 0 bridgehead atoms. The maximum atomic E-state index is 5.67. The van der Waals surface area contributed by atoms with Crippen molar-refractivity contribution in [3.05, 3.63) is 23.2 Å². The molecule has 0 amide bonds. The maximum absolute atomic E-state index is 5.67. The highest BCUT2D eigenvalue weighted by molar-refractivity contribution is 6.31. The quantitative estimate of drug-likeness (QED) is 0.582. The summed E-state index contributed by atoms with van der Waals surface area (Å²) >= 11 is 5.67. The van der Waals surface area contributed by atoms with Crippen molar-refractivity contribution in [2.75, 3.05) is 0 Å². The minimum absolute atomic E-state index is 0.642. The number of benzene rings is 1. The molecule has 0 spiro atoms. The number of halogens is 1. The summed E-state index contributed by atoms with van der Waals surface area (Å²) in [5.74, 6) is 0. The van der Waals surface area contributed by atoms with E-state index in [0.717, 1.165) is 0 Å². The number of aromatic nitrogens is 2. The fraction of sp³-hybridized carbons (Fsp3) is 0. The van der Waals surface area contributed by atoms with Gasteiger partial charge in [0.1, 0.15) is 5.52 Å². The van der Waals surface area contributed by atoms with Crippen molar-refractivity contribution >= 4 is 22.7 Å². The molecule has 1 aromatic carbocycles. The van der Waals surface area contributed by atoms with Crippen LogP contribution in [0.25, 0.3) is 11.1 Å². The summed E-state index contributed by atoms with van der Waals surface area (Å²) in [5.41, 5.74) is 1.34. The second kappa shape index (κ2) is 1.95. The summed E-state index contributed by atoms with van der Waals surface area (Å²) in [7, 11) is 0. The van der Waals surface area contributed by atoms with Gasteiger partial charge in [0.05, 0.1) is 0 Å². The SMILES string of the molecule is Clc1ccc2onnc2c1. The largest absolute Gasteiger partial charge is 0.337 e. The lowest BCUT2D eigenvalue weighted by Gasteiger charge is -1.83. The number of nitrogens with zero attached hydrogens (tertiary/aromatic N) is 2. The van der Waals surface area contributed by atoms with Crippen molar-refractivity contribution < 1.29 is 4.52 Å². The lowest BCUT2D eigenvalue weighted by atomic mass is 10.3. The molecule has 0 aliphatic carbocycles. The van der Waals surface area contributed by atoms with E-state index in [-0.39, 0.29) is 0 Å². The van der Waals surface area contributed by atoms with E-state index in [1.54, 1.807) is 18.2 Å². The molecule has 0 radical (unpaired) electrons. The molecule has 4 heteroatoms. The summed E-state index contributed by atoms with van der Waals surface area (Å²) < 4.78 is 4.75. The van der Waals surface area contributed by atoms with Gasteiger partial charge in [-0.25, -0.2) is 0 Å². The van der Waals surface area contributed by atoms with E-state index in [0.29, 0.717) is 16.1 Å². The molecule has 0 fully saturated rings. The molecule has 2 rings (SSSR count). The molecule has 0 saturated carbocycles. The Morgan fingerprint density at radius 3 is 3.20 bits per heavy atom. The highest BCUT2D eigenvalue weighted by atomic mass is 35.5. The van der Waals surface area contributed by atoms with Crippen LogP contribution in [0.3, 0.4) is 0 Å². The summed E-state index contributed by atoms with van der Waals surface area (Å²) in [6.45, 7) is 0. The second-order valence-corrected chi connectivity index (χ2v) is 2.32. The highest BCUT2D eigenvalue weighted by Crippen LogP contribution is 2.15. The molecule has 0 atom stereocenters. The second-order valence-electron chi connectivity index (χ2n) is 1.88. The predicted molar refractivity (Wildman–Crippen MR) is 36.8 cm³/mol. The standard InChI is InChI=1S/C6H3ClN2O/c7-4-1-2-6-5(3-4)8-9-10-6/h1-3H. The van der Waals surface area contributed by atoms with Crippen LogP contribution in [0.1, 0.15) is 0 Å². The van der Waals surface area contributed by atoms with Gasteiger partial charge < -0.3 is 4.52 Å². The molecule has 3 nitrogen and oxygen atoms in total. The zero-order valence-electron chi connectivity index (χ0n) is 4.91. The van der Waals surface area contributed by atoms with Gasteiger partial charge in [-0.1, -0.05) is 11.6 Å². The molecule has 10 heavy (non-hydrogen) atoms. The first-order chi connectivity index (χ1) is 4.86. The molecule has 1 aromatic heterocycles. The van der Waals surface area contributed by atoms with E-state index in [1.807, 2.05) is 0 Å². The van der Waals surface area contributed by atoms with E-state index in [1.165, 1.54) is 0 Å². The minimum atomic E-state index is 0.642. The Kier molecular flexibility index (Phi) is 1.11. The van der Waals surface area contributed by atoms with Crippen LogP contribution < -0.4 is 0 Å². The van der Waals surface area contributed by atoms with Crippen molar-refractivity contribution in [1.29, 1.82) is 0 Å². The van der Waals surface area contributed by atoms with Crippen LogP contribution in [0.5, 0.6) is 0 Å². The van der Waals surface area contributed by atoms with Crippen LogP contribution >= 0.6 is 11.6 Å². The van der Waals surface area contributed by atoms with Crippen LogP contribution in [0, 0.1) is 0 Å². The first-order valence-corrected chi connectivity index (χ1v) is 3.12. The zero-order valence-corrected chi connectivity index (χ0v) is 5.67. The normalized spacial score (nSPS) is 10.5. The Balaban J connectivity index is 2.86. The third-order valence-electron chi connectivity index (χ3n) is 1.21. The Morgan fingerprint density at radius 2 is 2.30 bits per heavy atom. The summed E-state index contributed by atoms with van der Waals surface area (Å²) in [6.07, 6.45) is 0. The van der Waals surface area contributed by atoms with E-state index in [9.17, 15) is 0 Å². The van der Waals surface area contributed by atoms with E-state index in [4.69, 9.17) is 16.1 Å². The van der Waals surface area contributed by atoms with Gasteiger partial charge >= 0.3 is 0 Å². The average Bonchev–Trinajstić information content (AvgIpc) is 2.33. The van der Waals surface area contributed by atoms with E-state index in [2.05, 4.69) is 10.4 Å². The number of hydrogen-bond donors (Lipinski definition) is 0. The Labute approximate surface area is 61.6 Å². The first-order valence-electron chi connectivity index (χ1n) is 2.74. The fourth-order valence-electron chi connectivity index (χ4n) is 0.754. The van der Waals surface area contributed by atoms with Crippen molar-refractivity contribution in [1.82, 2.24) is 10.4 Å². The predicted octanol–water partition coefficient (Wildman–Crippen LogP) is 1.88. The third kappa shape index (κ3) is 0.752. The summed E-state index contributed by atoms with van der Waals surface area (Å²) in [5, 5.41) is 7.68. The minimum Gasteiger partial charge on any atom is -0.337 e. The van der Waals surface area contributed by atoms with Crippen LogP contribution in [0.2, 0.25) is 5.02 Å². The van der Waals surface area contributed by atoms with Crippen molar-refractivity contribution in [2.45, 2.75) is 0 Å². The monoisotopic (exact) mass is 154 g/mol. The summed E-state index contributed by atoms with van der Waals surface area (Å²) in [6, 6.07) is 5.17. The van der Waals surface area contributed by atoms with Gasteiger partial charge in [-0.2, -0.15) is 0 Å². The molecule has 0 unspecified atom stereocenters. The Hall–Kier alpha value is -1.09. The lowest BCUT2D eigenvalue weighted by Crippen LogP contribution is -1.66. The average molecular weight is 155 g/mol. The van der Waals surface area contributed by atoms with Gasteiger partial charge in [0, 0.05) is 10.3 Å². The number of fused-ring (bicyclic) bond motifs is 1. The number of rotatable bonds is 0. The van der Waals surface area contributed by atoms with E-state index < -0.39 is 0 Å². The Bertz CT molecular complexity index is 357. The molecule has 0 aliphatic heterocycles. The van der Waals surface area contributed by atoms with Gasteiger partial charge in [-0.05, 0) is 18.2 Å².